The van der Waals surface area contributed by atoms with Crippen LogP contribution in [-0.2, 0) is 0 Å². The molecular weight excluding hydrogens is 240 g/mol. The first-order chi connectivity index (χ1) is 8.16. The maximum Gasteiger partial charge on any atom is 0.287 e. The molecule has 1 fully saturated rings. The first-order valence-corrected chi connectivity index (χ1v) is 6.36. The number of carbonyl (C=O) groups excluding carboxylic acids is 1. The van der Waals surface area contributed by atoms with Gasteiger partial charge in [-0.25, -0.2) is 0 Å². The molecule has 17 heavy (non-hydrogen) atoms. The minimum Gasteiger partial charge on any atom is -0.440 e. The molecule has 1 amide bonds. The van der Waals surface area contributed by atoms with Crippen molar-refractivity contribution in [2.75, 3.05) is 0 Å². The molecule has 0 aromatic carbocycles. The lowest BCUT2D eigenvalue weighted by molar-refractivity contribution is 0.0901. The van der Waals surface area contributed by atoms with Gasteiger partial charge >= 0.3 is 0 Å². The van der Waals surface area contributed by atoms with Gasteiger partial charge in [0.2, 0.25) is 0 Å². The maximum absolute atomic E-state index is 11.9. The predicted octanol–water partition coefficient (Wildman–Crippen LogP) is 2.32. The first-order valence-electron chi connectivity index (χ1n) is 5.98. The molecule has 1 aromatic rings. The maximum atomic E-state index is 11.9. The lowest BCUT2D eigenvalue weighted by atomic mass is 10.0. The van der Waals surface area contributed by atoms with Gasteiger partial charge in [-0.1, -0.05) is 19.3 Å². The largest absolute Gasteiger partial charge is 0.440 e. The zero-order valence-electron chi connectivity index (χ0n) is 9.62. The number of carbonyl (C=O) groups is 1. The van der Waals surface area contributed by atoms with Crippen LogP contribution in [0.2, 0.25) is 5.22 Å². The number of amides is 1. The predicted molar refractivity (Wildman–Crippen MR) is 66.0 cm³/mol. The molecule has 2 rings (SSSR count). The van der Waals surface area contributed by atoms with Gasteiger partial charge in [0, 0.05) is 12.1 Å². The monoisotopic (exact) mass is 256 g/mol. The highest BCUT2D eigenvalue weighted by atomic mass is 35.5. The molecule has 1 aliphatic rings. The van der Waals surface area contributed by atoms with Crippen LogP contribution in [0, 0.1) is 0 Å². The Bertz CT molecular complexity index is 392. The first kappa shape index (κ1) is 12.5. The average Bonchev–Trinajstić information content (AvgIpc) is 2.63. The van der Waals surface area contributed by atoms with E-state index >= 15 is 0 Å². The molecule has 0 spiro atoms. The van der Waals surface area contributed by atoms with Crippen LogP contribution in [-0.4, -0.2) is 18.0 Å². The lowest BCUT2D eigenvalue weighted by Crippen LogP contribution is -2.46. The number of nitrogens with two attached hydrogens (primary N) is 1. The summed E-state index contributed by atoms with van der Waals surface area (Å²) >= 11 is 5.63. The van der Waals surface area contributed by atoms with Crippen LogP contribution in [0.3, 0.4) is 0 Å². The molecular formula is C12H17ClN2O2. The van der Waals surface area contributed by atoms with Crippen molar-refractivity contribution in [3.63, 3.8) is 0 Å². The number of furan rings is 1. The summed E-state index contributed by atoms with van der Waals surface area (Å²) in [7, 11) is 0. The normalized spacial score (nSPS) is 25.3. The molecule has 4 nitrogen and oxygen atoms in total. The summed E-state index contributed by atoms with van der Waals surface area (Å²) in [6.07, 6.45) is 5.33. The number of halogens is 1. The van der Waals surface area contributed by atoms with Gasteiger partial charge in [0.1, 0.15) is 0 Å². The second kappa shape index (κ2) is 5.56. The summed E-state index contributed by atoms with van der Waals surface area (Å²) < 4.78 is 5.07. The molecule has 94 valence electrons. The molecule has 1 aliphatic carbocycles. The third kappa shape index (κ3) is 3.23. The standard InChI is InChI=1S/C12H17ClN2O2/c13-11-7-6-10(17-11)12(16)15-9-5-3-1-2-4-8(9)14/h6-9H,1-5,14H2,(H,15,16). The molecule has 0 saturated heterocycles. The van der Waals surface area contributed by atoms with Gasteiger partial charge in [0.05, 0.1) is 0 Å². The molecule has 2 atom stereocenters. The average molecular weight is 257 g/mol. The molecule has 3 N–H and O–H groups in total. The fraction of sp³-hybridized carbons (Fsp3) is 0.583. The van der Waals surface area contributed by atoms with Gasteiger partial charge in [-0.15, -0.1) is 0 Å². The molecule has 1 heterocycles. The zero-order valence-corrected chi connectivity index (χ0v) is 10.4. The van der Waals surface area contributed by atoms with E-state index in [1.807, 2.05) is 0 Å². The lowest BCUT2D eigenvalue weighted by Gasteiger charge is -2.22. The topological polar surface area (TPSA) is 68.3 Å². The SMILES string of the molecule is NC1CCCCCC1NC(=O)c1ccc(Cl)o1. The zero-order chi connectivity index (χ0) is 12.3. The molecule has 0 aliphatic heterocycles. The van der Waals surface area contributed by atoms with Crippen molar-refractivity contribution in [2.45, 2.75) is 44.2 Å². The minimum absolute atomic E-state index is 0.0342. The minimum atomic E-state index is -0.237. The van der Waals surface area contributed by atoms with Crippen LogP contribution in [0.15, 0.2) is 16.5 Å². The smallest absolute Gasteiger partial charge is 0.287 e. The third-order valence-electron chi connectivity index (χ3n) is 3.18. The highest BCUT2D eigenvalue weighted by molar-refractivity contribution is 6.29. The van der Waals surface area contributed by atoms with Crippen LogP contribution in [0.1, 0.15) is 42.7 Å². The van der Waals surface area contributed by atoms with Crippen molar-refractivity contribution in [3.05, 3.63) is 23.1 Å². The van der Waals surface area contributed by atoms with Gasteiger partial charge in [-0.3, -0.25) is 4.79 Å². The Labute approximate surface area is 105 Å². The Kier molecular flexibility index (Phi) is 4.07. The Morgan fingerprint density at radius 2 is 2.12 bits per heavy atom. The summed E-state index contributed by atoms with van der Waals surface area (Å²) in [5.41, 5.74) is 6.04. The van der Waals surface area contributed by atoms with Crippen molar-refractivity contribution in [1.82, 2.24) is 5.32 Å². The van der Waals surface area contributed by atoms with E-state index in [9.17, 15) is 4.79 Å². The number of nitrogens with one attached hydrogen (secondary N) is 1. The summed E-state index contributed by atoms with van der Waals surface area (Å²) in [6, 6.07) is 3.20. The Morgan fingerprint density at radius 1 is 1.35 bits per heavy atom. The van der Waals surface area contributed by atoms with Crippen molar-refractivity contribution in [3.8, 4) is 0 Å². The molecule has 0 bridgehead atoms. The summed E-state index contributed by atoms with van der Waals surface area (Å²) in [6.45, 7) is 0. The van der Waals surface area contributed by atoms with E-state index in [0.29, 0.717) is 0 Å². The van der Waals surface area contributed by atoms with Crippen molar-refractivity contribution in [2.24, 2.45) is 5.73 Å². The molecule has 1 saturated carbocycles. The highest BCUT2D eigenvalue weighted by Crippen LogP contribution is 2.18. The van der Waals surface area contributed by atoms with Crippen LogP contribution >= 0.6 is 11.6 Å². The van der Waals surface area contributed by atoms with E-state index in [1.165, 1.54) is 6.42 Å². The highest BCUT2D eigenvalue weighted by Gasteiger charge is 2.23. The number of hydrogen-bond acceptors (Lipinski definition) is 3. The van der Waals surface area contributed by atoms with Crippen LogP contribution in [0.5, 0.6) is 0 Å². The van der Waals surface area contributed by atoms with E-state index in [2.05, 4.69) is 5.32 Å². The van der Waals surface area contributed by atoms with Gasteiger partial charge in [-0.2, -0.15) is 0 Å². The Morgan fingerprint density at radius 3 is 2.82 bits per heavy atom. The fourth-order valence-corrected chi connectivity index (χ4v) is 2.34. The van der Waals surface area contributed by atoms with Crippen LogP contribution in [0.25, 0.3) is 0 Å². The summed E-state index contributed by atoms with van der Waals surface area (Å²) in [5, 5.41) is 3.14. The fourth-order valence-electron chi connectivity index (χ4n) is 2.19. The Balaban J connectivity index is 1.97. The summed E-state index contributed by atoms with van der Waals surface area (Å²) in [5.74, 6) is 0.00527. The molecule has 5 heteroatoms. The molecule has 0 radical (unpaired) electrons. The summed E-state index contributed by atoms with van der Waals surface area (Å²) in [4.78, 5) is 11.9. The number of hydrogen-bond donors (Lipinski definition) is 2. The van der Waals surface area contributed by atoms with E-state index < -0.39 is 0 Å². The van der Waals surface area contributed by atoms with Gasteiger partial charge in [0.15, 0.2) is 11.0 Å². The third-order valence-corrected chi connectivity index (χ3v) is 3.39. The number of rotatable bonds is 2. The van der Waals surface area contributed by atoms with E-state index in [-0.39, 0.29) is 29.0 Å². The second-order valence-electron chi connectivity index (χ2n) is 4.49. The van der Waals surface area contributed by atoms with Crippen LogP contribution in [0.4, 0.5) is 0 Å². The van der Waals surface area contributed by atoms with Crippen molar-refractivity contribution >= 4 is 17.5 Å². The van der Waals surface area contributed by atoms with Gasteiger partial charge in [-0.05, 0) is 36.6 Å². The second-order valence-corrected chi connectivity index (χ2v) is 4.86. The molecule has 1 aromatic heterocycles. The van der Waals surface area contributed by atoms with Crippen molar-refractivity contribution in [1.29, 1.82) is 0 Å². The van der Waals surface area contributed by atoms with E-state index in [0.717, 1.165) is 25.7 Å². The molecule has 2 unspecified atom stereocenters. The quantitative estimate of drug-likeness (QED) is 0.798. The van der Waals surface area contributed by atoms with E-state index in [1.54, 1.807) is 12.1 Å². The van der Waals surface area contributed by atoms with Crippen molar-refractivity contribution < 1.29 is 9.21 Å². The van der Waals surface area contributed by atoms with Gasteiger partial charge in [0.25, 0.3) is 5.91 Å². The van der Waals surface area contributed by atoms with E-state index in [4.69, 9.17) is 21.8 Å². The van der Waals surface area contributed by atoms with Gasteiger partial charge < -0.3 is 15.5 Å². The van der Waals surface area contributed by atoms with Crippen LogP contribution < -0.4 is 11.1 Å². The Hall–Kier alpha value is -1.00.